The number of aromatic nitrogens is 1. The molecule has 0 bridgehead atoms. The van der Waals surface area contributed by atoms with Crippen molar-refractivity contribution in [2.24, 2.45) is 11.5 Å². The molecule has 1 aromatic rings. The number of carbonyl (C=O) groups excluding carboxylic acids is 1. The number of pyridine rings is 1. The summed E-state index contributed by atoms with van der Waals surface area (Å²) in [5, 5.41) is 0. The van der Waals surface area contributed by atoms with Crippen LogP contribution in [0.3, 0.4) is 0 Å². The van der Waals surface area contributed by atoms with Crippen molar-refractivity contribution in [3.8, 4) is 0 Å². The molecule has 5 nitrogen and oxygen atoms in total. The van der Waals surface area contributed by atoms with Gasteiger partial charge in [-0.25, -0.2) is 4.98 Å². The molecule has 0 saturated carbocycles. The molecular weight excluding hydrogens is 192 g/mol. The van der Waals surface area contributed by atoms with Gasteiger partial charge in [0.05, 0.1) is 6.54 Å². The first-order chi connectivity index (χ1) is 7.04. The van der Waals surface area contributed by atoms with E-state index in [1.807, 2.05) is 19.1 Å². The van der Waals surface area contributed by atoms with Crippen LogP contribution in [0, 0.1) is 6.92 Å². The van der Waals surface area contributed by atoms with E-state index < -0.39 is 0 Å². The summed E-state index contributed by atoms with van der Waals surface area (Å²) in [5.41, 5.74) is 12.5. The Kier molecular flexibility index (Phi) is 3.62. The monoisotopic (exact) mass is 208 g/mol. The first-order valence-electron chi connectivity index (χ1n) is 4.70. The molecule has 0 fully saturated rings. The quantitative estimate of drug-likeness (QED) is 0.715. The number of anilines is 1. The van der Waals surface area contributed by atoms with Crippen LogP contribution in [-0.2, 0) is 11.3 Å². The number of hydrogen-bond acceptors (Lipinski definition) is 4. The van der Waals surface area contributed by atoms with Crippen LogP contribution in [0.1, 0.15) is 11.3 Å². The lowest BCUT2D eigenvalue weighted by Gasteiger charge is -2.19. The highest BCUT2D eigenvalue weighted by Gasteiger charge is 2.10. The lowest BCUT2D eigenvalue weighted by molar-refractivity contribution is -0.116. The Balaban J connectivity index is 2.99. The van der Waals surface area contributed by atoms with E-state index in [0.29, 0.717) is 6.54 Å². The van der Waals surface area contributed by atoms with Gasteiger partial charge in [-0.05, 0) is 13.0 Å². The summed E-state index contributed by atoms with van der Waals surface area (Å²) >= 11 is 0. The predicted molar refractivity (Wildman–Crippen MR) is 59.3 cm³/mol. The molecule has 0 aromatic carbocycles. The maximum atomic E-state index is 10.8. The zero-order chi connectivity index (χ0) is 11.4. The largest absolute Gasteiger partial charge is 0.368 e. The van der Waals surface area contributed by atoms with E-state index in [1.165, 1.54) is 0 Å². The van der Waals surface area contributed by atoms with Crippen molar-refractivity contribution in [1.29, 1.82) is 0 Å². The van der Waals surface area contributed by atoms with E-state index in [9.17, 15) is 4.79 Å². The Morgan fingerprint density at radius 1 is 1.53 bits per heavy atom. The SMILES string of the molecule is Cc1ccc(CN)c(N(C)CC(N)=O)n1. The summed E-state index contributed by atoms with van der Waals surface area (Å²) in [6.07, 6.45) is 0. The van der Waals surface area contributed by atoms with Gasteiger partial charge in [-0.3, -0.25) is 4.79 Å². The highest BCUT2D eigenvalue weighted by molar-refractivity contribution is 5.79. The number of likely N-dealkylation sites (N-methyl/N-ethyl adjacent to an activating group) is 1. The number of primary amides is 1. The molecule has 4 N–H and O–H groups in total. The molecule has 1 aromatic heterocycles. The molecule has 1 amide bonds. The maximum absolute atomic E-state index is 10.8. The van der Waals surface area contributed by atoms with Crippen molar-refractivity contribution in [3.05, 3.63) is 23.4 Å². The smallest absolute Gasteiger partial charge is 0.236 e. The summed E-state index contributed by atoms with van der Waals surface area (Å²) in [7, 11) is 1.77. The molecule has 0 spiro atoms. The fraction of sp³-hybridized carbons (Fsp3) is 0.400. The maximum Gasteiger partial charge on any atom is 0.236 e. The van der Waals surface area contributed by atoms with Crippen LogP contribution in [0.2, 0.25) is 0 Å². The number of carbonyl (C=O) groups is 1. The van der Waals surface area contributed by atoms with Gasteiger partial charge in [0.15, 0.2) is 0 Å². The lowest BCUT2D eigenvalue weighted by atomic mass is 10.2. The zero-order valence-corrected chi connectivity index (χ0v) is 9.03. The van der Waals surface area contributed by atoms with Crippen LogP contribution >= 0.6 is 0 Å². The molecule has 0 aliphatic heterocycles. The summed E-state index contributed by atoms with van der Waals surface area (Å²) in [6, 6.07) is 3.80. The second-order valence-corrected chi connectivity index (χ2v) is 3.46. The van der Waals surface area contributed by atoms with Crippen molar-refractivity contribution >= 4 is 11.7 Å². The molecule has 0 aliphatic carbocycles. The van der Waals surface area contributed by atoms with Crippen LogP contribution in [0.15, 0.2) is 12.1 Å². The van der Waals surface area contributed by atoms with Crippen molar-refractivity contribution in [3.63, 3.8) is 0 Å². The fourth-order valence-corrected chi connectivity index (χ4v) is 1.37. The second-order valence-electron chi connectivity index (χ2n) is 3.46. The van der Waals surface area contributed by atoms with Gasteiger partial charge in [0.1, 0.15) is 5.82 Å². The Labute approximate surface area is 89.1 Å². The number of hydrogen-bond donors (Lipinski definition) is 2. The zero-order valence-electron chi connectivity index (χ0n) is 9.03. The van der Waals surface area contributed by atoms with Crippen LogP contribution in [0.5, 0.6) is 0 Å². The van der Waals surface area contributed by atoms with E-state index >= 15 is 0 Å². The topological polar surface area (TPSA) is 85.2 Å². The van der Waals surface area contributed by atoms with E-state index in [0.717, 1.165) is 17.1 Å². The van der Waals surface area contributed by atoms with Crippen molar-refractivity contribution in [2.75, 3.05) is 18.5 Å². The van der Waals surface area contributed by atoms with Crippen molar-refractivity contribution < 1.29 is 4.79 Å². The van der Waals surface area contributed by atoms with E-state index in [1.54, 1.807) is 11.9 Å². The molecular formula is C10H16N4O. The van der Waals surface area contributed by atoms with Gasteiger partial charge in [0, 0.05) is 24.8 Å². The fourth-order valence-electron chi connectivity index (χ4n) is 1.37. The number of nitrogens with zero attached hydrogens (tertiary/aromatic N) is 2. The van der Waals surface area contributed by atoms with Gasteiger partial charge in [0.2, 0.25) is 5.91 Å². The van der Waals surface area contributed by atoms with Crippen molar-refractivity contribution in [1.82, 2.24) is 4.98 Å². The Hall–Kier alpha value is -1.62. The second kappa shape index (κ2) is 4.75. The van der Waals surface area contributed by atoms with Gasteiger partial charge in [-0.1, -0.05) is 6.07 Å². The first kappa shape index (κ1) is 11.5. The summed E-state index contributed by atoms with van der Waals surface area (Å²) in [6.45, 7) is 2.43. The third-order valence-electron chi connectivity index (χ3n) is 2.07. The first-order valence-corrected chi connectivity index (χ1v) is 4.70. The van der Waals surface area contributed by atoms with Crippen LogP contribution in [0.25, 0.3) is 0 Å². The van der Waals surface area contributed by atoms with E-state index in [4.69, 9.17) is 11.5 Å². The normalized spacial score (nSPS) is 10.1. The number of nitrogens with two attached hydrogens (primary N) is 2. The number of rotatable bonds is 4. The minimum absolute atomic E-state index is 0.142. The Morgan fingerprint density at radius 2 is 2.20 bits per heavy atom. The van der Waals surface area contributed by atoms with Gasteiger partial charge in [0.25, 0.3) is 0 Å². The van der Waals surface area contributed by atoms with Crippen LogP contribution in [0.4, 0.5) is 5.82 Å². The molecule has 1 rings (SSSR count). The third-order valence-corrected chi connectivity index (χ3v) is 2.07. The highest BCUT2D eigenvalue weighted by Crippen LogP contribution is 2.16. The summed E-state index contributed by atoms with van der Waals surface area (Å²) in [5.74, 6) is 0.333. The molecule has 0 unspecified atom stereocenters. The average Bonchev–Trinajstić information content (AvgIpc) is 2.16. The third kappa shape index (κ3) is 2.92. The Bertz CT molecular complexity index is 364. The molecule has 1 heterocycles. The highest BCUT2D eigenvalue weighted by atomic mass is 16.1. The standard InChI is InChI=1S/C10H16N4O/c1-7-3-4-8(5-11)10(13-7)14(2)6-9(12)15/h3-4H,5-6,11H2,1-2H3,(H2,12,15). The molecule has 0 atom stereocenters. The van der Waals surface area contributed by atoms with Gasteiger partial charge in [-0.15, -0.1) is 0 Å². The van der Waals surface area contributed by atoms with Crippen LogP contribution < -0.4 is 16.4 Å². The minimum Gasteiger partial charge on any atom is -0.368 e. The van der Waals surface area contributed by atoms with Gasteiger partial charge < -0.3 is 16.4 Å². The summed E-state index contributed by atoms with van der Waals surface area (Å²) < 4.78 is 0. The van der Waals surface area contributed by atoms with Crippen LogP contribution in [-0.4, -0.2) is 24.5 Å². The Morgan fingerprint density at radius 3 is 2.73 bits per heavy atom. The predicted octanol–water partition coefficient (Wildman–Crippen LogP) is -0.230. The van der Waals surface area contributed by atoms with E-state index in [2.05, 4.69) is 4.98 Å². The van der Waals surface area contributed by atoms with Crippen molar-refractivity contribution in [2.45, 2.75) is 13.5 Å². The average molecular weight is 208 g/mol. The molecule has 0 aliphatic rings. The molecule has 82 valence electrons. The number of amides is 1. The lowest BCUT2D eigenvalue weighted by Crippen LogP contribution is -2.32. The van der Waals surface area contributed by atoms with Gasteiger partial charge >= 0.3 is 0 Å². The molecule has 0 radical (unpaired) electrons. The molecule has 0 saturated heterocycles. The summed E-state index contributed by atoms with van der Waals surface area (Å²) in [4.78, 5) is 16.8. The van der Waals surface area contributed by atoms with E-state index in [-0.39, 0.29) is 12.5 Å². The van der Waals surface area contributed by atoms with Gasteiger partial charge in [-0.2, -0.15) is 0 Å². The molecule has 15 heavy (non-hydrogen) atoms. The number of aryl methyl sites for hydroxylation is 1. The molecule has 5 heteroatoms. The minimum atomic E-state index is -0.385.